The highest BCUT2D eigenvalue weighted by molar-refractivity contribution is 6.00. The van der Waals surface area contributed by atoms with Crippen LogP contribution in [0.3, 0.4) is 0 Å². The summed E-state index contributed by atoms with van der Waals surface area (Å²) >= 11 is 0. The van der Waals surface area contributed by atoms with Crippen molar-refractivity contribution < 1.29 is 108 Å². The number of carbonyl (C=O) groups is 15. The highest BCUT2D eigenvalue weighted by Gasteiger charge is 2.39. The third-order valence-electron chi connectivity index (χ3n) is 20.7. The maximum Gasteiger partial charge on any atom is 0.306 e. The van der Waals surface area contributed by atoms with Gasteiger partial charge in [-0.3, -0.25) is 81.9 Å². The molecular formula is C82H133N17O22. The van der Waals surface area contributed by atoms with Crippen LogP contribution < -0.4 is 83.1 Å². The van der Waals surface area contributed by atoms with Gasteiger partial charge in [-0.25, -0.2) is 0 Å². The van der Waals surface area contributed by atoms with Crippen molar-refractivity contribution >= 4 is 99.7 Å². The molecule has 0 spiro atoms. The summed E-state index contributed by atoms with van der Waals surface area (Å²) in [5.74, 6) is -22.2. The van der Waals surface area contributed by atoms with Gasteiger partial charge in [-0.15, -0.1) is 0 Å². The number of amides is 7. The largest absolute Gasteiger partial charge is 0.508 e. The number of phenols is 2. The Morgan fingerprint density at radius 2 is 0.645 bits per heavy atom. The van der Waals surface area contributed by atoms with Crippen molar-refractivity contribution in [1.29, 1.82) is 0 Å². The maximum atomic E-state index is 15.1. The number of benzene rings is 2. The van der Waals surface area contributed by atoms with Crippen molar-refractivity contribution in [3.8, 4) is 11.5 Å². The van der Waals surface area contributed by atoms with Crippen LogP contribution in [-0.4, -0.2) is 244 Å². The minimum Gasteiger partial charge on any atom is -0.508 e. The van der Waals surface area contributed by atoms with Crippen molar-refractivity contribution in [2.75, 3.05) is 72.2 Å². The summed E-state index contributed by atoms with van der Waals surface area (Å²) in [6, 6.07) is 1.87. The Morgan fingerprint density at radius 3 is 0.942 bits per heavy atom. The lowest BCUT2D eigenvalue weighted by Crippen LogP contribution is -2.50. The number of unbranched alkanes of at least 4 members (excludes halogenated alkanes) is 4. The number of aliphatic hydroxyl groups is 4. The lowest BCUT2D eigenvalue weighted by molar-refractivity contribution is -0.144. The second-order valence-electron chi connectivity index (χ2n) is 30.9. The number of rotatable bonds is 68. The molecular weight excluding hydrogens is 1570 g/mol. The Labute approximate surface area is 705 Å². The fraction of sp³-hybridized carbons (Fsp3) is 0.646. The molecule has 30 N–H and O–H groups in total. The lowest BCUT2D eigenvalue weighted by Gasteiger charge is -2.27. The van der Waals surface area contributed by atoms with E-state index in [-0.39, 0.29) is 140 Å². The van der Waals surface area contributed by atoms with Crippen LogP contribution in [0.5, 0.6) is 11.5 Å². The van der Waals surface area contributed by atoms with Crippen LogP contribution in [0.1, 0.15) is 180 Å². The van der Waals surface area contributed by atoms with E-state index in [1.165, 1.54) is 48.5 Å². The van der Waals surface area contributed by atoms with Gasteiger partial charge in [0.1, 0.15) is 35.7 Å². The number of nitrogens with two attached hydrogens (primary N) is 8. The molecule has 39 heteroatoms. The molecule has 7 amide bonds. The zero-order valence-electron chi connectivity index (χ0n) is 69.9. The number of carboxylic acids is 1. The van der Waals surface area contributed by atoms with E-state index in [1.807, 2.05) is 0 Å². The van der Waals surface area contributed by atoms with E-state index in [0.29, 0.717) is 56.2 Å². The van der Waals surface area contributed by atoms with Gasteiger partial charge in [0.05, 0.1) is 51.0 Å². The van der Waals surface area contributed by atoms with E-state index in [4.69, 9.17) is 45.9 Å². The molecule has 0 fully saturated rings. The van der Waals surface area contributed by atoms with Gasteiger partial charge in [0.25, 0.3) is 0 Å². The van der Waals surface area contributed by atoms with E-state index >= 15 is 14.4 Å². The quantitative estimate of drug-likeness (QED) is 0.0182. The summed E-state index contributed by atoms with van der Waals surface area (Å²) < 4.78 is 0. The summed E-state index contributed by atoms with van der Waals surface area (Å²) in [6.07, 6.45) is -1.50. The molecule has 0 bridgehead atoms. The molecule has 39 nitrogen and oxygen atoms in total. The fourth-order valence-corrected chi connectivity index (χ4v) is 13.6. The molecule has 121 heavy (non-hydrogen) atoms. The number of hydrogen-bond acceptors (Lipinski definition) is 27. The number of Topliss-reactive ketones (excluding diaryl/α,β-unsaturated/α-hetero) is 7. The first-order valence-electron chi connectivity index (χ1n) is 41.4. The normalized spacial score (nSPS) is 14.5. The van der Waals surface area contributed by atoms with E-state index in [1.54, 1.807) is 13.8 Å². The predicted octanol–water partition coefficient (Wildman–Crippen LogP) is -2.71. The van der Waals surface area contributed by atoms with Crippen LogP contribution in [0.4, 0.5) is 0 Å². The van der Waals surface area contributed by atoms with Crippen LogP contribution in [0.2, 0.25) is 0 Å². The zero-order valence-corrected chi connectivity index (χ0v) is 69.9. The molecule has 0 radical (unpaired) electrons. The zero-order chi connectivity index (χ0) is 90.7. The number of aliphatic carboxylic acids is 1. The second-order valence-corrected chi connectivity index (χ2v) is 30.9. The minimum atomic E-state index is -1.74. The number of guanidine groups is 2. The van der Waals surface area contributed by atoms with Crippen LogP contribution in [0.25, 0.3) is 0 Å². The first kappa shape index (κ1) is 107. The molecule has 0 saturated heterocycles. The SMILES string of the molecule is CC(=O)N[C@@H](CO)C(=O)C[C@@H](CCCCN)C(=O)N[C@@H](CO)C(=O)C[C@@H](Cc1ccc(O)cc1)C(=O)N[C@@H](CCCN=C(N)N)C(=O)C[C@@H](CCCCN)C(=O)N[C@@H](CCCN=C(N)N)C(=O)C[C@@H](Cc1ccc(O)cc1)C(=O)N[C@@H](CO)C(=O)C[C@@H](CCCCN)C(=O)N[C@@H](CO)C(=O)C[C@H](C(=O)NCC(=O)C[C@@H](CCCCN)C(=O)O)C(C)C. The van der Waals surface area contributed by atoms with Gasteiger partial charge >= 0.3 is 5.97 Å². The molecule has 0 aliphatic heterocycles. The van der Waals surface area contributed by atoms with Crippen LogP contribution in [0, 0.1) is 47.3 Å². The summed E-state index contributed by atoms with van der Waals surface area (Å²) in [4.78, 5) is 217. The number of hydrogen-bond donors (Lipinski definition) is 22. The third kappa shape index (κ3) is 42.7. The average Bonchev–Trinajstić information content (AvgIpc) is 0.850. The van der Waals surface area contributed by atoms with Gasteiger partial charge in [0, 0.05) is 100 Å². The Bertz CT molecular complexity index is 3690. The van der Waals surface area contributed by atoms with E-state index in [0.717, 1.165) is 6.92 Å². The Balaban J connectivity index is 2.65. The minimum absolute atomic E-state index is 0.0235. The van der Waals surface area contributed by atoms with Gasteiger partial charge in [0.2, 0.25) is 41.4 Å². The molecule has 678 valence electrons. The molecule has 2 aromatic rings. The fourth-order valence-electron chi connectivity index (χ4n) is 13.6. The molecule has 0 aliphatic rings. The van der Waals surface area contributed by atoms with Crippen LogP contribution in [-0.2, 0) is 84.8 Å². The standard InChI is InChI=1S/C82H133N17O22/c1-48(2)61(79(119)93-43-60(107)36-55(80(120)121)17-7-11-31-86)42-73(113)67(47-103)98-76(116)54(16-6-10-30-85)39-71(111)65(45-101)99-78(118)56(34-50-20-24-58(105)25-21-50)40-69(109)63(19-13-33-92-82(89)90)95-74(114)52(14-4-8-28-83)37-68(108)62(18-12-32-91-81(87)88)96-77(117)57(35-51-22-26-59(106)27-23-51)41-72(112)66(46-102)97-75(115)53(15-5-9-29-84)38-70(110)64(44-100)94-49(3)104/h20-27,48,52-57,61-67,100-103,105-106H,4-19,28-47,83-86H2,1-3H3,(H,93,119)(H,94,104)(H,95,114)(H,96,117)(H,97,115)(H,98,116)(H,99,118)(H,120,121)(H4,87,88,91)(H4,89,90,92)/t52-,53-,54-,55-,56-,57-,61+,62+,63+,64+,65+,66+,67+/m1/s1. The Morgan fingerprint density at radius 1 is 0.355 bits per heavy atom. The molecule has 13 atom stereocenters. The van der Waals surface area contributed by atoms with E-state index < -0.39 is 243 Å². The Hall–Kier alpha value is -10.3. The highest BCUT2D eigenvalue weighted by atomic mass is 16.4. The predicted molar refractivity (Wildman–Crippen MR) is 448 cm³/mol. The number of carbonyl (C=O) groups excluding carboxylic acids is 14. The summed E-state index contributed by atoms with van der Waals surface area (Å²) in [6.45, 7) is 0.882. The van der Waals surface area contributed by atoms with Crippen molar-refractivity contribution in [3.63, 3.8) is 0 Å². The topological polar surface area (TPSA) is 715 Å². The third-order valence-corrected chi connectivity index (χ3v) is 20.7. The first-order valence-corrected chi connectivity index (χ1v) is 41.4. The van der Waals surface area contributed by atoms with Crippen LogP contribution in [0.15, 0.2) is 58.5 Å². The van der Waals surface area contributed by atoms with Crippen molar-refractivity contribution in [2.45, 2.75) is 218 Å². The first-order chi connectivity index (χ1) is 57.5. The smallest absolute Gasteiger partial charge is 0.306 e. The summed E-state index contributed by atoms with van der Waals surface area (Å²) in [7, 11) is 0. The summed E-state index contributed by atoms with van der Waals surface area (Å²) in [5, 5.41) is 89.7. The van der Waals surface area contributed by atoms with Crippen molar-refractivity contribution in [3.05, 3.63) is 59.7 Å². The number of ketones is 7. The number of carboxylic acid groups (broad SMARTS) is 1. The van der Waals surface area contributed by atoms with Gasteiger partial charge in [-0.05, 0) is 157 Å². The van der Waals surface area contributed by atoms with Gasteiger partial charge < -0.3 is 119 Å². The maximum absolute atomic E-state index is 15.1. The number of aliphatic hydroxyl groups excluding tert-OH is 4. The van der Waals surface area contributed by atoms with Gasteiger partial charge in [0.15, 0.2) is 52.4 Å². The highest BCUT2D eigenvalue weighted by Crippen LogP contribution is 2.26. The summed E-state index contributed by atoms with van der Waals surface area (Å²) in [5.41, 5.74) is 46.3. The molecule has 0 aromatic heterocycles. The number of phenolic OH excluding ortho intramolecular Hbond substituents is 2. The molecule has 0 aliphatic carbocycles. The molecule has 0 unspecified atom stereocenters. The lowest BCUT2D eigenvalue weighted by atomic mass is 9.87. The average molecular weight is 1710 g/mol. The van der Waals surface area contributed by atoms with E-state index in [2.05, 4.69) is 47.2 Å². The van der Waals surface area contributed by atoms with Gasteiger partial charge in [-0.1, -0.05) is 63.8 Å². The molecule has 2 aromatic carbocycles. The van der Waals surface area contributed by atoms with E-state index in [9.17, 15) is 93.3 Å². The Kier molecular flexibility index (Phi) is 52.4. The monoisotopic (exact) mass is 1710 g/mol. The second kappa shape index (κ2) is 59.4. The molecule has 0 heterocycles. The van der Waals surface area contributed by atoms with Gasteiger partial charge in [-0.2, -0.15) is 0 Å². The molecule has 2 rings (SSSR count). The number of nitrogens with one attached hydrogen (secondary N) is 7. The molecule has 0 saturated carbocycles. The number of nitrogens with zero attached hydrogens (tertiary/aromatic N) is 2. The van der Waals surface area contributed by atoms with Crippen molar-refractivity contribution in [2.24, 2.45) is 103 Å². The number of aromatic hydroxyl groups is 2. The van der Waals surface area contributed by atoms with Crippen LogP contribution >= 0.6 is 0 Å². The number of aliphatic imine (C=N–C) groups is 2. The van der Waals surface area contributed by atoms with Crippen molar-refractivity contribution in [1.82, 2.24) is 37.2 Å².